The van der Waals surface area contributed by atoms with Crippen LogP contribution in [0.3, 0.4) is 0 Å². The molecule has 2 N–H and O–H groups in total. The van der Waals surface area contributed by atoms with Crippen LogP contribution in [0.15, 0.2) is 10.6 Å². The largest absolute Gasteiger partial charge is 0.361 e. The molecule has 11 heavy (non-hydrogen) atoms. The summed E-state index contributed by atoms with van der Waals surface area (Å²) in [7, 11) is 0. The average molecular weight is 154 g/mol. The Bertz CT molecular complexity index is 187. The molecule has 0 radical (unpaired) electrons. The second-order valence-electron chi connectivity index (χ2n) is 2.57. The molecule has 0 aliphatic heterocycles. The summed E-state index contributed by atoms with van der Waals surface area (Å²) in [5.41, 5.74) is 6.39. The summed E-state index contributed by atoms with van der Waals surface area (Å²) < 4.78 is 5.03. The number of hydrogen-bond donors (Lipinski definition) is 1. The Hall–Kier alpha value is -0.830. The van der Waals surface area contributed by atoms with Crippen LogP contribution in [-0.4, -0.2) is 11.7 Å². The summed E-state index contributed by atoms with van der Waals surface area (Å²) in [5, 5.41) is 3.89. The third-order valence-corrected chi connectivity index (χ3v) is 1.50. The van der Waals surface area contributed by atoms with Crippen LogP contribution >= 0.6 is 0 Å². The van der Waals surface area contributed by atoms with Gasteiger partial charge in [0, 0.05) is 12.5 Å². The fourth-order valence-electron chi connectivity index (χ4n) is 0.990. The van der Waals surface area contributed by atoms with Gasteiger partial charge in [-0.1, -0.05) is 18.5 Å². The van der Waals surface area contributed by atoms with Crippen molar-refractivity contribution in [2.45, 2.75) is 26.2 Å². The fourth-order valence-corrected chi connectivity index (χ4v) is 0.990. The molecule has 1 heterocycles. The lowest BCUT2D eigenvalue weighted by Gasteiger charge is -1.85. The number of rotatable bonds is 4. The lowest BCUT2D eigenvalue weighted by Crippen LogP contribution is -2.01. The molecule has 0 bridgehead atoms. The number of hydrogen-bond acceptors (Lipinski definition) is 3. The molecule has 0 saturated heterocycles. The molecule has 0 fully saturated rings. The van der Waals surface area contributed by atoms with E-state index < -0.39 is 0 Å². The monoisotopic (exact) mass is 154 g/mol. The van der Waals surface area contributed by atoms with Gasteiger partial charge in [0.2, 0.25) is 0 Å². The normalized spacial score (nSPS) is 10.4. The third kappa shape index (κ3) is 2.35. The Morgan fingerprint density at radius 1 is 1.55 bits per heavy atom. The van der Waals surface area contributed by atoms with Crippen molar-refractivity contribution in [1.29, 1.82) is 0 Å². The van der Waals surface area contributed by atoms with Crippen LogP contribution in [0.2, 0.25) is 0 Å². The Morgan fingerprint density at radius 2 is 2.36 bits per heavy atom. The van der Waals surface area contributed by atoms with Crippen molar-refractivity contribution in [3.63, 3.8) is 0 Å². The van der Waals surface area contributed by atoms with Gasteiger partial charge in [-0.3, -0.25) is 0 Å². The molecule has 0 spiro atoms. The number of nitrogens with two attached hydrogens (primary N) is 1. The summed E-state index contributed by atoms with van der Waals surface area (Å²) in [5.74, 6) is 0.899. The van der Waals surface area contributed by atoms with Crippen LogP contribution in [0.1, 0.15) is 24.8 Å². The van der Waals surface area contributed by atoms with E-state index in [-0.39, 0.29) is 0 Å². The second kappa shape index (κ2) is 4.13. The Morgan fingerprint density at radius 3 is 3.00 bits per heavy atom. The zero-order chi connectivity index (χ0) is 8.10. The van der Waals surface area contributed by atoms with Crippen LogP contribution in [0.5, 0.6) is 0 Å². The highest BCUT2D eigenvalue weighted by Crippen LogP contribution is 2.05. The minimum absolute atomic E-state index is 0.626. The number of aromatic nitrogens is 1. The highest BCUT2D eigenvalue weighted by molar-refractivity contribution is 5.05. The van der Waals surface area contributed by atoms with Gasteiger partial charge in [-0.05, 0) is 13.0 Å². The molecule has 0 atom stereocenters. The van der Waals surface area contributed by atoms with Crippen LogP contribution in [0, 0.1) is 0 Å². The maximum Gasteiger partial charge on any atom is 0.138 e. The topological polar surface area (TPSA) is 52.0 Å². The maximum absolute atomic E-state index is 5.36. The molecule has 0 aliphatic carbocycles. The minimum atomic E-state index is 0.626. The van der Waals surface area contributed by atoms with Gasteiger partial charge in [0.25, 0.3) is 0 Å². The van der Waals surface area contributed by atoms with E-state index in [1.807, 2.05) is 6.07 Å². The maximum atomic E-state index is 5.36. The predicted molar refractivity (Wildman–Crippen MR) is 43.3 cm³/mol. The molecule has 62 valence electrons. The molecular formula is C8H14N2O. The van der Waals surface area contributed by atoms with Gasteiger partial charge in [0.15, 0.2) is 0 Å². The Balaban J connectivity index is 2.51. The molecule has 1 aromatic rings. The van der Waals surface area contributed by atoms with Gasteiger partial charge in [0.1, 0.15) is 5.76 Å². The zero-order valence-corrected chi connectivity index (χ0v) is 6.84. The van der Waals surface area contributed by atoms with E-state index in [9.17, 15) is 0 Å². The highest BCUT2D eigenvalue weighted by atomic mass is 16.5. The summed E-state index contributed by atoms with van der Waals surface area (Å²) >= 11 is 0. The molecule has 0 aromatic carbocycles. The molecule has 0 aliphatic rings. The SMILES string of the molecule is CCCc1cc(CCN)on1. The van der Waals surface area contributed by atoms with Crippen molar-refractivity contribution >= 4 is 0 Å². The van der Waals surface area contributed by atoms with E-state index in [1.165, 1.54) is 0 Å². The predicted octanol–water partition coefficient (Wildman–Crippen LogP) is 1.13. The first kappa shape index (κ1) is 8.27. The third-order valence-electron chi connectivity index (χ3n) is 1.50. The van der Waals surface area contributed by atoms with Gasteiger partial charge < -0.3 is 10.3 Å². The molecule has 3 heteroatoms. The lowest BCUT2D eigenvalue weighted by atomic mass is 10.2. The van der Waals surface area contributed by atoms with E-state index in [4.69, 9.17) is 10.3 Å². The van der Waals surface area contributed by atoms with Crippen molar-refractivity contribution in [2.75, 3.05) is 6.54 Å². The van der Waals surface area contributed by atoms with Gasteiger partial charge in [-0.2, -0.15) is 0 Å². The van der Waals surface area contributed by atoms with Crippen molar-refractivity contribution < 1.29 is 4.52 Å². The summed E-state index contributed by atoms with van der Waals surface area (Å²) in [4.78, 5) is 0. The molecule has 0 saturated carbocycles. The van der Waals surface area contributed by atoms with E-state index in [1.54, 1.807) is 0 Å². The molecular weight excluding hydrogens is 140 g/mol. The first-order valence-electron chi connectivity index (χ1n) is 4.01. The van der Waals surface area contributed by atoms with E-state index in [0.717, 1.165) is 30.7 Å². The van der Waals surface area contributed by atoms with E-state index in [0.29, 0.717) is 6.54 Å². The Labute approximate surface area is 66.6 Å². The summed E-state index contributed by atoms with van der Waals surface area (Å²) in [6.45, 7) is 2.75. The Kier molecular flexibility index (Phi) is 3.11. The molecule has 3 nitrogen and oxygen atoms in total. The summed E-state index contributed by atoms with van der Waals surface area (Å²) in [6, 6.07) is 1.98. The van der Waals surface area contributed by atoms with Crippen molar-refractivity contribution in [2.24, 2.45) is 5.73 Å². The summed E-state index contributed by atoms with van der Waals surface area (Å²) in [6.07, 6.45) is 2.89. The van der Waals surface area contributed by atoms with E-state index in [2.05, 4.69) is 12.1 Å². The highest BCUT2D eigenvalue weighted by Gasteiger charge is 2.00. The van der Waals surface area contributed by atoms with Crippen molar-refractivity contribution in [3.8, 4) is 0 Å². The zero-order valence-electron chi connectivity index (χ0n) is 6.84. The minimum Gasteiger partial charge on any atom is -0.361 e. The molecule has 1 rings (SSSR count). The van der Waals surface area contributed by atoms with Gasteiger partial charge in [0.05, 0.1) is 5.69 Å². The van der Waals surface area contributed by atoms with Crippen LogP contribution in [0.4, 0.5) is 0 Å². The second-order valence-corrected chi connectivity index (χ2v) is 2.57. The smallest absolute Gasteiger partial charge is 0.138 e. The lowest BCUT2D eigenvalue weighted by molar-refractivity contribution is 0.378. The molecule has 0 unspecified atom stereocenters. The van der Waals surface area contributed by atoms with E-state index >= 15 is 0 Å². The molecule has 1 aromatic heterocycles. The average Bonchev–Trinajstić information content (AvgIpc) is 2.38. The van der Waals surface area contributed by atoms with Gasteiger partial charge in [-0.25, -0.2) is 0 Å². The van der Waals surface area contributed by atoms with Crippen LogP contribution in [0.25, 0.3) is 0 Å². The molecule has 0 amide bonds. The van der Waals surface area contributed by atoms with Crippen LogP contribution in [-0.2, 0) is 12.8 Å². The van der Waals surface area contributed by atoms with Gasteiger partial charge >= 0.3 is 0 Å². The van der Waals surface area contributed by atoms with Gasteiger partial charge in [-0.15, -0.1) is 0 Å². The number of aryl methyl sites for hydroxylation is 1. The van der Waals surface area contributed by atoms with Crippen molar-refractivity contribution in [3.05, 3.63) is 17.5 Å². The van der Waals surface area contributed by atoms with Crippen LogP contribution < -0.4 is 5.73 Å². The number of nitrogens with zero attached hydrogens (tertiary/aromatic N) is 1. The first-order chi connectivity index (χ1) is 5.36. The fraction of sp³-hybridized carbons (Fsp3) is 0.625. The first-order valence-corrected chi connectivity index (χ1v) is 4.01. The quantitative estimate of drug-likeness (QED) is 0.707. The van der Waals surface area contributed by atoms with Crippen molar-refractivity contribution in [1.82, 2.24) is 5.16 Å². The standard InChI is InChI=1S/C8H14N2O/c1-2-3-7-6-8(4-5-9)11-10-7/h6H,2-5,9H2,1H3.